The lowest BCUT2D eigenvalue weighted by molar-refractivity contribution is 0.435. The largest absolute Gasteiger partial charge is 0.285 e. The van der Waals surface area contributed by atoms with Crippen molar-refractivity contribution in [2.45, 2.75) is 146 Å². The van der Waals surface area contributed by atoms with Crippen LogP contribution in [0.1, 0.15) is 153 Å². The molecule has 1 aromatic carbocycles. The summed E-state index contributed by atoms with van der Waals surface area (Å²) in [4.78, 5) is 0. The molecule has 0 saturated heterocycles. The Morgan fingerprint density at radius 1 is 0.750 bits per heavy atom. The van der Waals surface area contributed by atoms with Crippen molar-refractivity contribution in [3.05, 3.63) is 41.0 Å². The van der Waals surface area contributed by atoms with E-state index in [9.17, 15) is 13.0 Å². The van der Waals surface area contributed by atoms with Gasteiger partial charge in [0, 0.05) is 0 Å². The Balaban J connectivity index is 2.50. The molecule has 0 spiro atoms. The maximum atomic E-state index is 13.0. The number of unbranched alkanes of at least 4 members (excludes halogenated alkanes) is 12. The van der Waals surface area contributed by atoms with Gasteiger partial charge in [-0.3, -0.25) is 4.55 Å². The number of hydrogen-bond donors (Lipinski definition) is 1. The average molecular weight is 584 g/mol. The lowest BCUT2D eigenvalue weighted by atomic mass is 9.73. The summed E-state index contributed by atoms with van der Waals surface area (Å²) in [5, 5.41) is -0.957. The summed E-state index contributed by atoms with van der Waals surface area (Å²) < 4.78 is 35.9. The van der Waals surface area contributed by atoms with E-state index in [1.807, 2.05) is 18.2 Å². The third-order valence-electron chi connectivity index (χ3n) is 7.85. The Bertz CT molecular complexity index is 908. The van der Waals surface area contributed by atoms with E-state index in [-0.39, 0.29) is 0 Å². The van der Waals surface area contributed by atoms with E-state index >= 15 is 0 Å². The molecule has 1 aliphatic rings. The van der Waals surface area contributed by atoms with Crippen LogP contribution in [0.4, 0.5) is 0 Å². The summed E-state index contributed by atoms with van der Waals surface area (Å²) in [6, 6.07) is 7.94. The first-order chi connectivity index (χ1) is 17.3. The third kappa shape index (κ3) is 8.98. The first kappa shape index (κ1) is 31.6. The number of hydrogen-bond acceptors (Lipinski definition) is 2. The van der Waals surface area contributed by atoms with Gasteiger partial charge in [0.15, 0.2) is 0 Å². The van der Waals surface area contributed by atoms with E-state index < -0.39 is 19.7 Å². The molecule has 1 aliphatic carbocycles. The highest BCUT2D eigenvalue weighted by atomic mass is 79.9. The van der Waals surface area contributed by atoms with Gasteiger partial charge in [-0.1, -0.05) is 144 Å². The number of rotatable bonds is 19. The average Bonchev–Trinajstić information content (AvgIpc) is 2.83. The zero-order chi connectivity index (χ0) is 26.4. The van der Waals surface area contributed by atoms with Crippen LogP contribution in [0.15, 0.2) is 29.8 Å². The van der Waals surface area contributed by atoms with Crippen LogP contribution in [0.25, 0.3) is 5.57 Å². The molecule has 0 saturated carbocycles. The molecule has 1 aromatic rings. The summed E-state index contributed by atoms with van der Waals surface area (Å²) in [7, 11) is -4.30. The SMILES string of the molecule is CCCCCCCC1=C(CCCCCCC)C(Br)(CCCCCCC)C(S(=O)(=O)O)c2ccccc21. The predicted molar refractivity (Wildman–Crippen MR) is 159 cm³/mol. The molecule has 0 amide bonds. The van der Waals surface area contributed by atoms with Crippen molar-refractivity contribution >= 4 is 31.6 Å². The van der Waals surface area contributed by atoms with Crippen LogP contribution in [0, 0.1) is 0 Å². The quantitative estimate of drug-likeness (QED) is 0.100. The van der Waals surface area contributed by atoms with Crippen molar-refractivity contribution in [3.8, 4) is 0 Å². The van der Waals surface area contributed by atoms with E-state index in [1.165, 1.54) is 81.8 Å². The Kier molecular flexibility index (Phi) is 14.3. The normalized spacial score (nSPS) is 20.1. The highest BCUT2D eigenvalue weighted by Crippen LogP contribution is 2.57. The van der Waals surface area contributed by atoms with Crippen LogP contribution >= 0.6 is 15.9 Å². The van der Waals surface area contributed by atoms with Crippen molar-refractivity contribution in [3.63, 3.8) is 0 Å². The lowest BCUT2D eigenvalue weighted by Crippen LogP contribution is -2.40. The van der Waals surface area contributed by atoms with Crippen LogP contribution in [-0.2, 0) is 10.1 Å². The molecular formula is C31H51BrO3S. The van der Waals surface area contributed by atoms with Crippen molar-refractivity contribution in [1.82, 2.24) is 0 Å². The second kappa shape index (κ2) is 16.3. The van der Waals surface area contributed by atoms with Crippen LogP contribution in [-0.4, -0.2) is 17.3 Å². The molecule has 2 rings (SSSR count). The van der Waals surface area contributed by atoms with Crippen molar-refractivity contribution in [2.24, 2.45) is 0 Å². The van der Waals surface area contributed by atoms with Crippen LogP contribution in [0.2, 0.25) is 0 Å². The van der Waals surface area contributed by atoms with Crippen LogP contribution < -0.4 is 0 Å². The molecule has 3 nitrogen and oxygen atoms in total. The van der Waals surface area contributed by atoms with Crippen LogP contribution in [0.5, 0.6) is 0 Å². The minimum Gasteiger partial charge on any atom is -0.285 e. The van der Waals surface area contributed by atoms with Crippen LogP contribution in [0.3, 0.4) is 0 Å². The maximum absolute atomic E-state index is 13.0. The Morgan fingerprint density at radius 2 is 1.25 bits per heavy atom. The van der Waals surface area contributed by atoms with Crippen molar-refractivity contribution < 1.29 is 13.0 Å². The molecule has 36 heavy (non-hydrogen) atoms. The van der Waals surface area contributed by atoms with E-state index in [0.29, 0.717) is 0 Å². The van der Waals surface area contributed by atoms with Gasteiger partial charge in [0.2, 0.25) is 0 Å². The third-order valence-corrected chi connectivity index (χ3v) is 10.7. The zero-order valence-electron chi connectivity index (χ0n) is 23.2. The molecule has 0 radical (unpaired) electrons. The number of allylic oxidation sites excluding steroid dienone is 2. The fourth-order valence-corrected chi connectivity index (χ4v) is 8.87. The van der Waals surface area contributed by atoms with Gasteiger partial charge in [-0.15, -0.1) is 0 Å². The molecule has 5 heteroatoms. The number of alkyl halides is 1. The molecule has 2 atom stereocenters. The summed E-state index contributed by atoms with van der Waals surface area (Å²) >= 11 is 4.06. The molecule has 2 unspecified atom stereocenters. The highest BCUT2D eigenvalue weighted by Gasteiger charge is 2.51. The summed E-state index contributed by atoms with van der Waals surface area (Å²) in [5.41, 5.74) is 4.39. The van der Waals surface area contributed by atoms with Crippen molar-refractivity contribution in [1.29, 1.82) is 0 Å². The second-order valence-electron chi connectivity index (χ2n) is 10.8. The van der Waals surface area contributed by atoms with E-state index in [2.05, 4.69) is 42.8 Å². The molecule has 0 aromatic heterocycles. The van der Waals surface area contributed by atoms with Gasteiger partial charge in [0.1, 0.15) is 5.25 Å². The zero-order valence-corrected chi connectivity index (χ0v) is 25.6. The van der Waals surface area contributed by atoms with E-state index in [0.717, 1.165) is 56.1 Å². The molecule has 1 N–H and O–H groups in total. The van der Waals surface area contributed by atoms with Gasteiger partial charge in [-0.25, -0.2) is 0 Å². The minimum absolute atomic E-state index is 0.735. The van der Waals surface area contributed by atoms with Gasteiger partial charge in [-0.05, 0) is 54.4 Å². The van der Waals surface area contributed by atoms with Gasteiger partial charge in [-0.2, -0.15) is 8.42 Å². The first-order valence-electron chi connectivity index (χ1n) is 14.8. The number of benzene rings is 1. The Morgan fingerprint density at radius 3 is 1.81 bits per heavy atom. The van der Waals surface area contributed by atoms with Gasteiger partial charge < -0.3 is 0 Å². The lowest BCUT2D eigenvalue weighted by Gasteiger charge is -2.43. The molecule has 0 aliphatic heterocycles. The molecule has 0 fully saturated rings. The number of halogens is 1. The molecule has 0 heterocycles. The minimum atomic E-state index is -4.30. The smallest absolute Gasteiger partial charge is 0.273 e. The molecular weight excluding hydrogens is 532 g/mol. The Hall–Kier alpha value is -0.650. The van der Waals surface area contributed by atoms with Crippen molar-refractivity contribution in [2.75, 3.05) is 0 Å². The Labute approximate surface area is 230 Å². The van der Waals surface area contributed by atoms with E-state index in [4.69, 9.17) is 0 Å². The van der Waals surface area contributed by atoms with Gasteiger partial charge >= 0.3 is 0 Å². The fraction of sp³-hybridized carbons (Fsp3) is 0.742. The maximum Gasteiger partial charge on any atom is 0.273 e. The first-order valence-corrected chi connectivity index (χ1v) is 17.1. The number of fused-ring (bicyclic) bond motifs is 1. The topological polar surface area (TPSA) is 54.4 Å². The van der Waals surface area contributed by atoms with E-state index in [1.54, 1.807) is 0 Å². The fourth-order valence-electron chi connectivity index (χ4n) is 5.94. The van der Waals surface area contributed by atoms with Gasteiger partial charge in [0.05, 0.1) is 4.32 Å². The van der Waals surface area contributed by atoms with Gasteiger partial charge in [0.25, 0.3) is 10.1 Å². The molecule has 0 bridgehead atoms. The second-order valence-corrected chi connectivity index (χ2v) is 13.7. The monoisotopic (exact) mass is 582 g/mol. The summed E-state index contributed by atoms with van der Waals surface area (Å²) in [6.07, 6.45) is 20.2. The predicted octanol–water partition coefficient (Wildman–Crippen LogP) is 10.6. The highest BCUT2D eigenvalue weighted by molar-refractivity contribution is 9.10. The summed E-state index contributed by atoms with van der Waals surface area (Å²) in [6.45, 7) is 6.69. The molecule has 206 valence electrons. The standard InChI is InChI=1S/C31H51BrO3S/c1-4-7-10-13-16-22-27-26-21-18-19-23-28(26)30(36(33,34)35)31(32,25-20-15-12-9-6-3)29(27)24-17-14-11-8-5-2/h18-19,21,23,30H,4-17,20,22,24-25H2,1-3H3,(H,33,34,35). The summed E-state index contributed by atoms with van der Waals surface area (Å²) in [5.74, 6) is 0.